The predicted molar refractivity (Wildman–Crippen MR) is 97.0 cm³/mol. The first-order chi connectivity index (χ1) is 12.6. The van der Waals surface area contributed by atoms with E-state index in [0.717, 1.165) is 41.6 Å². The molecule has 0 unspecified atom stereocenters. The molecule has 0 amide bonds. The fourth-order valence-corrected chi connectivity index (χ4v) is 4.53. The van der Waals surface area contributed by atoms with Crippen LogP contribution >= 0.6 is 0 Å². The van der Waals surface area contributed by atoms with E-state index >= 15 is 0 Å². The number of oxazole rings is 1. The summed E-state index contributed by atoms with van der Waals surface area (Å²) in [5.41, 5.74) is 6.96. The standard InChI is InChI=1S/C20H20N2O4/c1-22-5-4-10-6-14(23)19(25-3)17-11-8-15(24-2)20-18(21-9-26-20)12(11)7-13(22)16(10)17/h6,8-9,13,23H,4-5,7H2,1-3H3/t13-/m0/s1. The van der Waals surface area contributed by atoms with Crippen LogP contribution in [0.25, 0.3) is 22.2 Å². The van der Waals surface area contributed by atoms with Crippen LogP contribution < -0.4 is 9.47 Å². The predicted octanol–water partition coefficient (Wildman–Crippen LogP) is 3.30. The lowest BCUT2D eigenvalue weighted by Crippen LogP contribution is -2.35. The maximum absolute atomic E-state index is 10.6. The minimum atomic E-state index is 0.177. The average molecular weight is 352 g/mol. The molecule has 134 valence electrons. The fourth-order valence-electron chi connectivity index (χ4n) is 4.53. The molecule has 3 aromatic rings. The van der Waals surface area contributed by atoms with E-state index in [1.54, 1.807) is 14.2 Å². The molecule has 0 fully saturated rings. The van der Waals surface area contributed by atoms with Crippen LogP contribution in [0.5, 0.6) is 17.2 Å². The van der Waals surface area contributed by atoms with Gasteiger partial charge in [0.05, 0.1) is 14.2 Å². The van der Waals surface area contributed by atoms with Gasteiger partial charge in [0.2, 0.25) is 0 Å². The Hall–Kier alpha value is -2.73. The average Bonchev–Trinajstić information content (AvgIpc) is 3.14. The van der Waals surface area contributed by atoms with Crippen molar-refractivity contribution in [2.75, 3.05) is 27.8 Å². The minimum absolute atomic E-state index is 0.177. The maximum Gasteiger partial charge on any atom is 0.196 e. The number of hydrogen-bond acceptors (Lipinski definition) is 6. The summed E-state index contributed by atoms with van der Waals surface area (Å²) in [6.45, 7) is 0.955. The van der Waals surface area contributed by atoms with Crippen LogP contribution in [0, 0.1) is 0 Å². The Bertz CT molecular complexity index is 1040. The molecular formula is C20H20N2O4. The van der Waals surface area contributed by atoms with Crippen molar-refractivity contribution in [1.82, 2.24) is 9.88 Å². The number of fused-ring (bicyclic) bond motifs is 4. The summed E-state index contributed by atoms with van der Waals surface area (Å²) in [5.74, 6) is 1.32. The third-order valence-corrected chi connectivity index (χ3v) is 5.75. The first-order valence-electron chi connectivity index (χ1n) is 8.70. The quantitative estimate of drug-likeness (QED) is 0.763. The number of benzene rings is 2. The van der Waals surface area contributed by atoms with Crippen molar-refractivity contribution in [3.8, 4) is 28.4 Å². The van der Waals surface area contributed by atoms with E-state index in [-0.39, 0.29) is 11.8 Å². The lowest BCUT2D eigenvalue weighted by molar-refractivity contribution is 0.227. The Morgan fingerprint density at radius 2 is 2.12 bits per heavy atom. The lowest BCUT2D eigenvalue weighted by atomic mass is 9.76. The van der Waals surface area contributed by atoms with E-state index in [4.69, 9.17) is 13.9 Å². The van der Waals surface area contributed by atoms with Gasteiger partial charge in [0, 0.05) is 18.2 Å². The summed E-state index contributed by atoms with van der Waals surface area (Å²) in [7, 11) is 5.36. The number of likely N-dealkylation sites (N-methyl/N-ethyl adjacent to an activating group) is 1. The van der Waals surface area contributed by atoms with Gasteiger partial charge in [0.25, 0.3) is 0 Å². The number of phenols is 1. The Labute approximate surface area is 151 Å². The largest absolute Gasteiger partial charge is 0.504 e. The molecule has 1 aromatic heterocycles. The molecule has 2 aromatic carbocycles. The molecule has 0 radical (unpaired) electrons. The van der Waals surface area contributed by atoms with E-state index in [9.17, 15) is 5.11 Å². The Morgan fingerprint density at radius 3 is 2.88 bits per heavy atom. The monoisotopic (exact) mass is 352 g/mol. The molecule has 6 nitrogen and oxygen atoms in total. The second-order valence-electron chi connectivity index (χ2n) is 6.96. The van der Waals surface area contributed by atoms with Crippen LogP contribution in [0.4, 0.5) is 0 Å². The van der Waals surface area contributed by atoms with Crippen molar-refractivity contribution < 1.29 is 19.0 Å². The van der Waals surface area contributed by atoms with Crippen LogP contribution in [0.2, 0.25) is 0 Å². The number of hydrogen-bond donors (Lipinski definition) is 1. The zero-order valence-electron chi connectivity index (χ0n) is 15.0. The molecule has 26 heavy (non-hydrogen) atoms. The molecule has 2 aliphatic rings. The number of phenolic OH excluding ortho intramolecular Hbond substituents is 1. The highest BCUT2D eigenvalue weighted by Gasteiger charge is 2.37. The van der Waals surface area contributed by atoms with E-state index < -0.39 is 0 Å². The van der Waals surface area contributed by atoms with Crippen molar-refractivity contribution in [3.63, 3.8) is 0 Å². The van der Waals surface area contributed by atoms with Gasteiger partial charge >= 0.3 is 0 Å². The van der Waals surface area contributed by atoms with Gasteiger partial charge in [0.1, 0.15) is 5.52 Å². The number of ether oxygens (including phenoxy) is 2. The molecule has 0 spiro atoms. The molecular weight excluding hydrogens is 332 g/mol. The van der Waals surface area contributed by atoms with Gasteiger partial charge in [-0.2, -0.15) is 0 Å². The zero-order valence-corrected chi connectivity index (χ0v) is 15.0. The zero-order chi connectivity index (χ0) is 18.0. The minimum Gasteiger partial charge on any atom is -0.504 e. The van der Waals surface area contributed by atoms with Crippen molar-refractivity contribution >= 4 is 11.1 Å². The highest BCUT2D eigenvalue weighted by molar-refractivity contribution is 5.95. The topological polar surface area (TPSA) is 68.0 Å². The van der Waals surface area contributed by atoms with E-state index in [1.807, 2.05) is 12.1 Å². The molecule has 5 rings (SSSR count). The first-order valence-corrected chi connectivity index (χ1v) is 8.70. The molecule has 1 aliphatic carbocycles. The third kappa shape index (κ3) is 1.88. The molecule has 2 heterocycles. The lowest BCUT2D eigenvalue weighted by Gasteiger charge is -2.40. The van der Waals surface area contributed by atoms with Crippen molar-refractivity contribution in [2.24, 2.45) is 0 Å². The van der Waals surface area contributed by atoms with Crippen molar-refractivity contribution in [2.45, 2.75) is 18.9 Å². The smallest absolute Gasteiger partial charge is 0.196 e. The van der Waals surface area contributed by atoms with Gasteiger partial charge in [0.15, 0.2) is 29.2 Å². The number of nitrogens with zero attached hydrogens (tertiary/aromatic N) is 2. The van der Waals surface area contributed by atoms with Gasteiger partial charge in [-0.1, -0.05) is 0 Å². The van der Waals surface area contributed by atoms with E-state index in [1.165, 1.54) is 17.5 Å². The van der Waals surface area contributed by atoms with Crippen LogP contribution in [-0.4, -0.2) is 42.8 Å². The maximum atomic E-state index is 10.6. The summed E-state index contributed by atoms with van der Waals surface area (Å²) in [4.78, 5) is 6.82. The van der Waals surface area contributed by atoms with Crippen LogP contribution in [0.15, 0.2) is 22.9 Å². The molecule has 1 aliphatic heterocycles. The third-order valence-electron chi connectivity index (χ3n) is 5.75. The number of rotatable bonds is 2. The van der Waals surface area contributed by atoms with Crippen molar-refractivity contribution in [3.05, 3.63) is 35.2 Å². The van der Waals surface area contributed by atoms with Gasteiger partial charge in [-0.05, 0) is 54.3 Å². The van der Waals surface area contributed by atoms with Gasteiger partial charge in [-0.25, -0.2) is 4.98 Å². The highest BCUT2D eigenvalue weighted by atomic mass is 16.5. The first kappa shape index (κ1) is 15.5. The molecule has 0 saturated heterocycles. The Balaban J connectivity index is 1.93. The summed E-state index contributed by atoms with van der Waals surface area (Å²) < 4.78 is 16.7. The summed E-state index contributed by atoms with van der Waals surface area (Å²) in [5, 5.41) is 10.6. The normalized spacial score (nSPS) is 18.5. The fraction of sp³-hybridized carbons (Fsp3) is 0.350. The van der Waals surface area contributed by atoms with Crippen molar-refractivity contribution in [1.29, 1.82) is 0 Å². The molecule has 6 heteroatoms. The van der Waals surface area contributed by atoms with E-state index in [0.29, 0.717) is 17.1 Å². The van der Waals surface area contributed by atoms with Gasteiger partial charge < -0.3 is 19.0 Å². The summed E-state index contributed by atoms with van der Waals surface area (Å²) >= 11 is 0. The van der Waals surface area contributed by atoms with E-state index in [2.05, 4.69) is 16.9 Å². The second-order valence-corrected chi connectivity index (χ2v) is 6.96. The van der Waals surface area contributed by atoms with Gasteiger partial charge in [-0.3, -0.25) is 4.90 Å². The molecule has 1 N–H and O–H groups in total. The summed E-state index contributed by atoms with van der Waals surface area (Å²) in [6, 6.07) is 4.06. The SMILES string of the molecule is COc1c(O)cc2c3c1-c1cc(OC)c4ocnc4c1C[C@@H]3N(C)CC2. The van der Waals surface area contributed by atoms with Gasteiger partial charge in [-0.15, -0.1) is 0 Å². The Kier molecular flexibility index (Phi) is 3.21. The molecule has 1 atom stereocenters. The highest BCUT2D eigenvalue weighted by Crippen LogP contribution is 2.54. The number of methoxy groups -OCH3 is 2. The Morgan fingerprint density at radius 1 is 1.27 bits per heavy atom. The summed E-state index contributed by atoms with van der Waals surface area (Å²) in [6.07, 6.45) is 3.21. The number of aromatic nitrogens is 1. The van der Waals surface area contributed by atoms with Crippen LogP contribution in [-0.2, 0) is 12.8 Å². The second kappa shape index (κ2) is 5.38. The van der Waals surface area contributed by atoms with Crippen LogP contribution in [0.1, 0.15) is 22.7 Å². The molecule has 0 bridgehead atoms. The molecule has 0 saturated carbocycles. The number of aromatic hydroxyl groups is 1. The van der Waals surface area contributed by atoms with Crippen LogP contribution in [0.3, 0.4) is 0 Å².